The van der Waals surface area contributed by atoms with E-state index < -0.39 is 6.10 Å². The zero-order valence-electron chi connectivity index (χ0n) is 9.54. The van der Waals surface area contributed by atoms with Gasteiger partial charge in [-0.05, 0) is 11.4 Å². The molecule has 0 saturated carbocycles. The molecule has 0 unspecified atom stereocenters. The van der Waals surface area contributed by atoms with Crippen LogP contribution in [0.15, 0.2) is 16.8 Å². The van der Waals surface area contributed by atoms with Crippen LogP contribution in [0.2, 0.25) is 0 Å². The molecule has 1 aromatic heterocycles. The minimum absolute atomic E-state index is 0.0174. The molecule has 0 aromatic carbocycles. The molecule has 2 heterocycles. The molecule has 2 atom stereocenters. The van der Waals surface area contributed by atoms with Gasteiger partial charge in [-0.25, -0.2) is 0 Å². The number of hydrogen-bond acceptors (Lipinski definition) is 5. The molecule has 2 rings (SSSR count). The number of aliphatic hydroxyl groups excluding tert-OH is 1. The van der Waals surface area contributed by atoms with Gasteiger partial charge in [-0.2, -0.15) is 0 Å². The summed E-state index contributed by atoms with van der Waals surface area (Å²) in [4.78, 5) is 13.3. The van der Waals surface area contributed by atoms with Gasteiger partial charge in [0.25, 0.3) is 5.91 Å². The summed E-state index contributed by atoms with van der Waals surface area (Å²) in [5, 5.41) is 13.3. The molecule has 1 aliphatic heterocycles. The first-order valence-electron chi connectivity index (χ1n) is 5.35. The van der Waals surface area contributed by atoms with Crippen molar-refractivity contribution in [2.75, 3.05) is 26.9 Å². The van der Waals surface area contributed by atoms with Crippen molar-refractivity contribution in [1.82, 2.24) is 4.90 Å². The molecular formula is C11H15NO4S. The summed E-state index contributed by atoms with van der Waals surface area (Å²) in [6.07, 6.45) is -0.606. The van der Waals surface area contributed by atoms with Crippen LogP contribution in [0.4, 0.5) is 0 Å². The Kier molecular flexibility index (Phi) is 3.98. The molecule has 1 saturated heterocycles. The average molecular weight is 257 g/mol. The molecule has 6 heteroatoms. The number of likely N-dealkylation sites (N-methyl/N-ethyl adjacent to an activating group) is 1. The molecule has 5 nitrogen and oxygen atoms in total. The van der Waals surface area contributed by atoms with E-state index in [1.54, 1.807) is 7.05 Å². The molecule has 0 aliphatic carbocycles. The monoisotopic (exact) mass is 257 g/mol. The van der Waals surface area contributed by atoms with Gasteiger partial charge in [0, 0.05) is 12.4 Å². The van der Waals surface area contributed by atoms with Crippen LogP contribution in [0.5, 0.6) is 5.75 Å². The summed E-state index contributed by atoms with van der Waals surface area (Å²) in [6, 6.07) is 1.54. The Hall–Kier alpha value is -1.11. The fourth-order valence-corrected chi connectivity index (χ4v) is 2.24. The fraction of sp³-hybridized carbons (Fsp3) is 0.545. The van der Waals surface area contributed by atoms with Crippen LogP contribution in [-0.4, -0.2) is 54.9 Å². The molecule has 1 aromatic rings. The molecule has 17 heavy (non-hydrogen) atoms. The first-order valence-corrected chi connectivity index (χ1v) is 6.29. The number of carbonyl (C=O) groups is 1. The van der Waals surface area contributed by atoms with Crippen LogP contribution in [0.1, 0.15) is 0 Å². The lowest BCUT2D eigenvalue weighted by Crippen LogP contribution is -2.45. The maximum Gasteiger partial charge on any atom is 0.260 e. The smallest absolute Gasteiger partial charge is 0.260 e. The third-order valence-corrected chi connectivity index (χ3v) is 3.43. The van der Waals surface area contributed by atoms with E-state index in [1.807, 2.05) is 16.8 Å². The van der Waals surface area contributed by atoms with Crippen LogP contribution >= 0.6 is 11.3 Å². The number of carbonyl (C=O) groups excluding carboxylic acids is 1. The van der Waals surface area contributed by atoms with Crippen molar-refractivity contribution >= 4 is 17.2 Å². The van der Waals surface area contributed by atoms with Crippen molar-refractivity contribution in [3.05, 3.63) is 16.8 Å². The van der Waals surface area contributed by atoms with E-state index >= 15 is 0 Å². The molecule has 1 aliphatic rings. The minimum atomic E-state index is -0.606. The van der Waals surface area contributed by atoms with Gasteiger partial charge in [-0.1, -0.05) is 0 Å². The molecule has 0 spiro atoms. The summed E-state index contributed by atoms with van der Waals surface area (Å²) >= 11 is 1.52. The highest BCUT2D eigenvalue weighted by molar-refractivity contribution is 7.08. The third-order valence-electron chi connectivity index (χ3n) is 2.77. The second-order valence-corrected chi connectivity index (χ2v) is 4.70. The lowest BCUT2D eigenvalue weighted by molar-refractivity contribution is -0.135. The predicted octanol–water partition coefficient (Wildman–Crippen LogP) is 0.345. The van der Waals surface area contributed by atoms with Crippen LogP contribution in [0.3, 0.4) is 0 Å². The summed E-state index contributed by atoms with van der Waals surface area (Å²) < 4.78 is 10.4. The van der Waals surface area contributed by atoms with Crippen LogP contribution in [-0.2, 0) is 9.53 Å². The Balaban J connectivity index is 1.83. The fourth-order valence-electron chi connectivity index (χ4n) is 1.67. The van der Waals surface area contributed by atoms with E-state index in [0.717, 1.165) is 0 Å². The van der Waals surface area contributed by atoms with Crippen LogP contribution in [0.25, 0.3) is 0 Å². The van der Waals surface area contributed by atoms with Crippen LogP contribution < -0.4 is 4.74 Å². The summed E-state index contributed by atoms with van der Waals surface area (Å²) in [7, 11) is 1.65. The quantitative estimate of drug-likeness (QED) is 0.845. The topological polar surface area (TPSA) is 59.0 Å². The zero-order chi connectivity index (χ0) is 12.3. The summed E-state index contributed by atoms with van der Waals surface area (Å²) in [5.74, 6) is 0.533. The van der Waals surface area contributed by atoms with E-state index in [2.05, 4.69) is 0 Å². The van der Waals surface area contributed by atoms with E-state index in [4.69, 9.17) is 9.47 Å². The van der Waals surface area contributed by atoms with Crippen molar-refractivity contribution in [3.8, 4) is 5.75 Å². The maximum atomic E-state index is 11.8. The SMILES string of the molecule is CN(C(=O)COc1ccsc1)[C@@H]1COC[C@H]1O. The van der Waals surface area contributed by atoms with Gasteiger partial charge in [-0.15, -0.1) is 11.3 Å². The molecule has 94 valence electrons. The van der Waals surface area contributed by atoms with Gasteiger partial charge in [0.05, 0.1) is 25.4 Å². The van der Waals surface area contributed by atoms with Crippen molar-refractivity contribution in [1.29, 1.82) is 0 Å². The second-order valence-electron chi connectivity index (χ2n) is 3.92. The zero-order valence-corrected chi connectivity index (χ0v) is 10.4. The predicted molar refractivity (Wildman–Crippen MR) is 63.2 cm³/mol. The number of nitrogens with zero attached hydrogens (tertiary/aromatic N) is 1. The van der Waals surface area contributed by atoms with Gasteiger partial charge in [0.1, 0.15) is 5.75 Å². The number of ether oxygens (including phenoxy) is 2. The van der Waals surface area contributed by atoms with Crippen molar-refractivity contribution in [2.45, 2.75) is 12.1 Å². The normalized spacial score (nSPS) is 23.6. The van der Waals surface area contributed by atoms with E-state index in [-0.39, 0.29) is 25.2 Å². The highest BCUT2D eigenvalue weighted by Gasteiger charge is 2.32. The molecular weight excluding hydrogens is 242 g/mol. The van der Waals surface area contributed by atoms with Gasteiger partial charge >= 0.3 is 0 Å². The van der Waals surface area contributed by atoms with Gasteiger partial charge in [-0.3, -0.25) is 4.79 Å². The first-order chi connectivity index (χ1) is 8.18. The highest BCUT2D eigenvalue weighted by Crippen LogP contribution is 2.16. The number of aliphatic hydroxyl groups is 1. The molecule has 1 fully saturated rings. The van der Waals surface area contributed by atoms with E-state index in [1.165, 1.54) is 16.2 Å². The van der Waals surface area contributed by atoms with Crippen molar-refractivity contribution in [3.63, 3.8) is 0 Å². The lowest BCUT2D eigenvalue weighted by atomic mass is 10.2. The largest absolute Gasteiger partial charge is 0.483 e. The number of hydrogen-bond donors (Lipinski definition) is 1. The molecule has 0 radical (unpaired) electrons. The molecule has 1 amide bonds. The Morgan fingerprint density at radius 3 is 3.12 bits per heavy atom. The van der Waals surface area contributed by atoms with Crippen molar-refractivity contribution in [2.24, 2.45) is 0 Å². The lowest BCUT2D eigenvalue weighted by Gasteiger charge is -2.25. The number of rotatable bonds is 4. The Morgan fingerprint density at radius 2 is 2.53 bits per heavy atom. The van der Waals surface area contributed by atoms with Gasteiger partial charge < -0.3 is 19.5 Å². The summed E-state index contributed by atoms with van der Waals surface area (Å²) in [5.41, 5.74) is 0. The molecule has 1 N–H and O–H groups in total. The van der Waals surface area contributed by atoms with Crippen molar-refractivity contribution < 1.29 is 19.4 Å². The standard InChI is InChI=1S/C11H15NO4S/c1-12(9-4-15-5-10(9)13)11(14)6-16-8-2-3-17-7-8/h2-3,7,9-10,13H,4-6H2,1H3/t9-,10-/m1/s1. The third kappa shape index (κ3) is 2.96. The van der Waals surface area contributed by atoms with Gasteiger partial charge in [0.2, 0.25) is 0 Å². The Labute approximate surface area is 104 Å². The first kappa shape index (κ1) is 12.3. The number of thiophene rings is 1. The van der Waals surface area contributed by atoms with E-state index in [9.17, 15) is 9.90 Å². The van der Waals surface area contributed by atoms with Gasteiger partial charge in [0.15, 0.2) is 6.61 Å². The Morgan fingerprint density at radius 1 is 1.71 bits per heavy atom. The molecule has 0 bridgehead atoms. The minimum Gasteiger partial charge on any atom is -0.483 e. The maximum absolute atomic E-state index is 11.8. The Bertz CT molecular complexity index is 368. The number of amides is 1. The average Bonchev–Trinajstić information content (AvgIpc) is 2.95. The highest BCUT2D eigenvalue weighted by atomic mass is 32.1. The summed E-state index contributed by atoms with van der Waals surface area (Å²) in [6.45, 7) is 0.645. The van der Waals surface area contributed by atoms with Crippen LogP contribution in [0, 0.1) is 0 Å². The van der Waals surface area contributed by atoms with E-state index in [0.29, 0.717) is 12.4 Å². The second kappa shape index (κ2) is 5.48.